The maximum atomic E-state index is 4.84. The van der Waals surface area contributed by atoms with Gasteiger partial charge in [-0.05, 0) is 56.4 Å². The standard InChI is InChI=1S/C23H40N2.C2H6/c1-6-9-15-22-16-17-24-23(25-22)18-21(14-10-13-19(4)5)20(11-7-2)12-8-3;1-2/h14,16-17,19-20H,6-13,15,18H2,1-5H3;1-2H3/b21-14-;. The highest BCUT2D eigenvalue weighted by Crippen LogP contribution is 2.26. The maximum Gasteiger partial charge on any atom is 0.132 e. The second-order valence-corrected chi connectivity index (χ2v) is 7.77. The lowest BCUT2D eigenvalue weighted by Crippen LogP contribution is -2.10. The fourth-order valence-electron chi connectivity index (χ4n) is 3.40. The lowest BCUT2D eigenvalue weighted by atomic mass is 9.87. The molecular weight excluding hydrogens is 328 g/mol. The summed E-state index contributed by atoms with van der Waals surface area (Å²) in [6.45, 7) is 15.5. The normalized spacial score (nSPS) is 11.7. The Hall–Kier alpha value is -1.18. The monoisotopic (exact) mass is 374 g/mol. The minimum atomic E-state index is 0.699. The molecule has 0 amide bonds. The van der Waals surface area contributed by atoms with Crippen LogP contribution in [0, 0.1) is 11.8 Å². The summed E-state index contributed by atoms with van der Waals surface area (Å²) in [5, 5.41) is 0. The highest BCUT2D eigenvalue weighted by Gasteiger charge is 2.15. The molecule has 0 saturated carbocycles. The summed E-state index contributed by atoms with van der Waals surface area (Å²) in [5.41, 5.74) is 2.79. The first-order valence-electron chi connectivity index (χ1n) is 11.6. The van der Waals surface area contributed by atoms with Crippen LogP contribution in [0.15, 0.2) is 23.9 Å². The molecule has 0 spiro atoms. The number of unbranched alkanes of at least 4 members (excludes halogenated alkanes) is 1. The van der Waals surface area contributed by atoms with Crippen LogP contribution < -0.4 is 0 Å². The van der Waals surface area contributed by atoms with Gasteiger partial charge in [-0.2, -0.15) is 0 Å². The molecular formula is C25H46N2. The minimum Gasteiger partial charge on any atom is -0.241 e. The van der Waals surface area contributed by atoms with Crippen molar-refractivity contribution in [3.05, 3.63) is 35.4 Å². The van der Waals surface area contributed by atoms with Crippen LogP contribution in [0.4, 0.5) is 0 Å². The van der Waals surface area contributed by atoms with E-state index in [9.17, 15) is 0 Å². The van der Waals surface area contributed by atoms with Crippen LogP contribution in [0.25, 0.3) is 0 Å². The van der Waals surface area contributed by atoms with Gasteiger partial charge in [0.15, 0.2) is 0 Å². The third kappa shape index (κ3) is 12.0. The summed E-state index contributed by atoms with van der Waals surface area (Å²) in [4.78, 5) is 9.43. The first-order valence-corrected chi connectivity index (χ1v) is 11.6. The zero-order valence-corrected chi connectivity index (χ0v) is 19.4. The van der Waals surface area contributed by atoms with Crippen molar-refractivity contribution in [3.63, 3.8) is 0 Å². The van der Waals surface area contributed by atoms with Gasteiger partial charge in [-0.3, -0.25) is 0 Å². The van der Waals surface area contributed by atoms with Gasteiger partial charge in [0.2, 0.25) is 0 Å². The molecule has 1 aromatic heterocycles. The number of allylic oxidation sites excluding steroid dienone is 2. The van der Waals surface area contributed by atoms with Crippen LogP contribution in [-0.4, -0.2) is 9.97 Å². The number of hydrogen-bond acceptors (Lipinski definition) is 2. The largest absolute Gasteiger partial charge is 0.241 e. The first-order chi connectivity index (χ1) is 13.1. The Morgan fingerprint density at radius 3 is 2.22 bits per heavy atom. The first kappa shape index (κ1) is 25.8. The Morgan fingerprint density at radius 2 is 1.67 bits per heavy atom. The van der Waals surface area contributed by atoms with Gasteiger partial charge in [-0.15, -0.1) is 0 Å². The summed E-state index contributed by atoms with van der Waals surface area (Å²) >= 11 is 0. The number of hydrogen-bond donors (Lipinski definition) is 0. The number of aryl methyl sites for hydroxylation is 1. The Kier molecular flexibility index (Phi) is 16.2. The van der Waals surface area contributed by atoms with Crippen LogP contribution in [0.5, 0.6) is 0 Å². The van der Waals surface area contributed by atoms with Crippen molar-refractivity contribution in [1.82, 2.24) is 9.97 Å². The molecule has 0 radical (unpaired) electrons. The summed E-state index contributed by atoms with van der Waals surface area (Å²) in [6, 6.07) is 2.08. The quantitative estimate of drug-likeness (QED) is 0.327. The third-order valence-electron chi connectivity index (χ3n) is 4.86. The van der Waals surface area contributed by atoms with E-state index < -0.39 is 0 Å². The van der Waals surface area contributed by atoms with Crippen LogP contribution >= 0.6 is 0 Å². The fraction of sp³-hybridized carbons (Fsp3) is 0.760. The molecule has 0 aliphatic rings. The Balaban J connectivity index is 0.00000326. The Bertz CT molecular complexity index is 485. The van der Waals surface area contributed by atoms with E-state index in [1.807, 2.05) is 20.0 Å². The van der Waals surface area contributed by atoms with Crippen LogP contribution in [0.1, 0.15) is 111 Å². The second-order valence-electron chi connectivity index (χ2n) is 7.77. The van der Waals surface area contributed by atoms with Crippen molar-refractivity contribution in [2.24, 2.45) is 11.8 Å². The van der Waals surface area contributed by atoms with Crippen LogP contribution in [-0.2, 0) is 12.8 Å². The van der Waals surface area contributed by atoms with E-state index in [2.05, 4.69) is 51.7 Å². The number of rotatable bonds is 13. The van der Waals surface area contributed by atoms with Gasteiger partial charge in [0.25, 0.3) is 0 Å². The second kappa shape index (κ2) is 17.0. The summed E-state index contributed by atoms with van der Waals surface area (Å²) in [6.07, 6.45) is 16.4. The summed E-state index contributed by atoms with van der Waals surface area (Å²) in [5.74, 6) is 2.48. The van der Waals surface area contributed by atoms with Gasteiger partial charge in [0.05, 0.1) is 0 Å². The molecule has 0 unspecified atom stereocenters. The maximum absolute atomic E-state index is 4.84. The van der Waals surface area contributed by atoms with Crippen molar-refractivity contribution in [2.75, 3.05) is 0 Å². The molecule has 2 nitrogen and oxygen atoms in total. The van der Waals surface area contributed by atoms with Crippen molar-refractivity contribution in [2.45, 2.75) is 113 Å². The number of aromatic nitrogens is 2. The molecule has 0 aromatic carbocycles. The van der Waals surface area contributed by atoms with Gasteiger partial charge < -0.3 is 0 Å². The highest BCUT2D eigenvalue weighted by atomic mass is 14.9. The lowest BCUT2D eigenvalue weighted by molar-refractivity contribution is 0.488. The van der Waals surface area contributed by atoms with Crippen molar-refractivity contribution in [1.29, 1.82) is 0 Å². The zero-order valence-electron chi connectivity index (χ0n) is 19.4. The average molecular weight is 375 g/mol. The number of nitrogens with zero attached hydrogens (tertiary/aromatic N) is 2. The molecule has 0 bridgehead atoms. The van der Waals surface area contributed by atoms with Crippen LogP contribution in [0.2, 0.25) is 0 Å². The van der Waals surface area contributed by atoms with E-state index in [-0.39, 0.29) is 0 Å². The van der Waals surface area contributed by atoms with Gasteiger partial charge in [0.1, 0.15) is 5.82 Å². The molecule has 0 fully saturated rings. The molecule has 1 heterocycles. The molecule has 156 valence electrons. The van der Waals surface area contributed by atoms with E-state index in [1.54, 1.807) is 5.57 Å². The smallest absolute Gasteiger partial charge is 0.132 e. The molecule has 0 N–H and O–H groups in total. The van der Waals surface area contributed by atoms with E-state index >= 15 is 0 Å². The van der Waals surface area contributed by atoms with Crippen molar-refractivity contribution >= 4 is 0 Å². The lowest BCUT2D eigenvalue weighted by Gasteiger charge is -2.20. The summed E-state index contributed by atoms with van der Waals surface area (Å²) < 4.78 is 0. The SMILES string of the molecule is CC.CCCCc1ccnc(C/C(=C/CCC(C)C)C(CCC)CCC)n1. The molecule has 0 saturated heterocycles. The molecule has 1 aromatic rings. The topological polar surface area (TPSA) is 25.8 Å². The van der Waals surface area contributed by atoms with E-state index in [0.29, 0.717) is 5.92 Å². The third-order valence-corrected chi connectivity index (χ3v) is 4.86. The molecule has 27 heavy (non-hydrogen) atoms. The zero-order chi connectivity index (χ0) is 20.5. The molecule has 2 heteroatoms. The molecule has 1 rings (SSSR count). The predicted octanol–water partition coefficient (Wildman–Crippen LogP) is 7.97. The van der Waals surface area contributed by atoms with E-state index in [4.69, 9.17) is 4.98 Å². The van der Waals surface area contributed by atoms with Crippen LogP contribution in [0.3, 0.4) is 0 Å². The van der Waals surface area contributed by atoms with E-state index in [1.165, 1.54) is 57.1 Å². The summed E-state index contributed by atoms with van der Waals surface area (Å²) in [7, 11) is 0. The molecule has 0 aliphatic heterocycles. The van der Waals surface area contributed by atoms with Gasteiger partial charge in [-0.1, -0.05) is 79.4 Å². The minimum absolute atomic E-state index is 0.699. The Labute approximate surface area is 170 Å². The van der Waals surface area contributed by atoms with Gasteiger partial charge in [0, 0.05) is 18.3 Å². The van der Waals surface area contributed by atoms with Crippen molar-refractivity contribution < 1.29 is 0 Å². The van der Waals surface area contributed by atoms with Gasteiger partial charge >= 0.3 is 0 Å². The predicted molar refractivity (Wildman–Crippen MR) is 121 cm³/mol. The molecule has 0 aliphatic carbocycles. The highest BCUT2D eigenvalue weighted by molar-refractivity contribution is 5.15. The van der Waals surface area contributed by atoms with Crippen molar-refractivity contribution in [3.8, 4) is 0 Å². The fourth-order valence-corrected chi connectivity index (χ4v) is 3.40. The van der Waals surface area contributed by atoms with E-state index in [0.717, 1.165) is 24.6 Å². The van der Waals surface area contributed by atoms with Gasteiger partial charge in [-0.25, -0.2) is 9.97 Å². The molecule has 0 atom stereocenters. The Morgan fingerprint density at radius 1 is 1.00 bits per heavy atom. The average Bonchev–Trinajstić information content (AvgIpc) is 2.67.